The highest BCUT2D eigenvalue weighted by molar-refractivity contribution is 9.10. The molecule has 0 saturated carbocycles. The van der Waals surface area contributed by atoms with Gasteiger partial charge in [-0.15, -0.1) is 0 Å². The molecule has 0 fully saturated rings. The Morgan fingerprint density at radius 2 is 1.91 bits per heavy atom. The molecule has 6 heteroatoms. The molecule has 0 radical (unpaired) electrons. The van der Waals surface area contributed by atoms with Crippen molar-refractivity contribution in [1.82, 2.24) is 4.57 Å². The second-order valence-electron chi connectivity index (χ2n) is 6.17. The molecule has 2 aromatic rings. The molecule has 0 unspecified atom stereocenters. The van der Waals surface area contributed by atoms with E-state index in [4.69, 9.17) is 9.47 Å². The number of fused-ring (bicyclic) bond motifs is 1. The highest BCUT2D eigenvalue weighted by Gasteiger charge is 2.23. The minimum Gasteiger partial charge on any atom is -0.462 e. The number of esters is 1. The summed E-state index contributed by atoms with van der Waals surface area (Å²) in [6.45, 7) is 9.35. The quantitative estimate of drug-likeness (QED) is 0.709. The Morgan fingerprint density at radius 1 is 1.26 bits per heavy atom. The zero-order valence-corrected chi connectivity index (χ0v) is 15.5. The highest BCUT2D eigenvalue weighted by Crippen LogP contribution is 2.32. The molecule has 1 heterocycles. The van der Waals surface area contributed by atoms with E-state index in [2.05, 4.69) is 15.9 Å². The fourth-order valence-corrected chi connectivity index (χ4v) is 2.76. The highest BCUT2D eigenvalue weighted by atomic mass is 79.9. The number of benzene rings is 1. The van der Waals surface area contributed by atoms with Gasteiger partial charge in [-0.05, 0) is 68.7 Å². The van der Waals surface area contributed by atoms with Crippen LogP contribution in [0.2, 0.25) is 0 Å². The van der Waals surface area contributed by atoms with E-state index in [1.807, 2.05) is 27.7 Å². The van der Waals surface area contributed by atoms with Crippen molar-refractivity contribution >= 4 is 38.9 Å². The van der Waals surface area contributed by atoms with Gasteiger partial charge < -0.3 is 9.47 Å². The van der Waals surface area contributed by atoms with Crippen LogP contribution in [0.25, 0.3) is 10.9 Å². The van der Waals surface area contributed by atoms with E-state index in [-0.39, 0.29) is 5.97 Å². The molecule has 124 valence electrons. The molecule has 0 aliphatic heterocycles. The van der Waals surface area contributed by atoms with Gasteiger partial charge >= 0.3 is 12.1 Å². The summed E-state index contributed by atoms with van der Waals surface area (Å²) in [5.74, 6) is -0.385. The number of hydrogen-bond acceptors (Lipinski definition) is 4. The molecule has 5 nitrogen and oxygen atoms in total. The van der Waals surface area contributed by atoms with Crippen LogP contribution in [0.4, 0.5) is 4.79 Å². The summed E-state index contributed by atoms with van der Waals surface area (Å²) in [6, 6.07) is 5.08. The van der Waals surface area contributed by atoms with Crippen LogP contribution in [-0.2, 0) is 9.47 Å². The third kappa shape index (κ3) is 3.58. The van der Waals surface area contributed by atoms with Gasteiger partial charge in [-0.2, -0.15) is 0 Å². The first-order chi connectivity index (χ1) is 10.7. The molecular weight excluding hydrogens is 362 g/mol. The number of ether oxygens (including phenoxy) is 2. The average Bonchev–Trinajstić information content (AvgIpc) is 2.69. The van der Waals surface area contributed by atoms with Gasteiger partial charge in [0, 0.05) is 15.6 Å². The lowest BCUT2D eigenvalue weighted by Gasteiger charge is -2.20. The maximum absolute atomic E-state index is 12.5. The smallest absolute Gasteiger partial charge is 0.419 e. The standard InChI is InChI=1S/C17H20BrNO4/c1-6-22-15(20)11-7-8-13-12(9-11)14(18)10(2)19(13)16(21)23-17(3,4)5/h7-9H,6H2,1-5H3. The number of rotatable bonds is 2. The largest absolute Gasteiger partial charge is 0.462 e. The maximum atomic E-state index is 12.5. The lowest BCUT2D eigenvalue weighted by molar-refractivity contribution is 0.0522. The molecule has 0 aliphatic rings. The summed E-state index contributed by atoms with van der Waals surface area (Å²) in [6.07, 6.45) is -0.449. The van der Waals surface area contributed by atoms with Crippen LogP contribution in [-0.4, -0.2) is 28.8 Å². The number of halogens is 1. The van der Waals surface area contributed by atoms with Crippen LogP contribution in [0.1, 0.15) is 43.7 Å². The van der Waals surface area contributed by atoms with Gasteiger partial charge in [0.1, 0.15) is 5.60 Å². The molecule has 1 aromatic heterocycles. The van der Waals surface area contributed by atoms with E-state index in [1.165, 1.54) is 4.57 Å². The van der Waals surface area contributed by atoms with Crippen molar-refractivity contribution in [3.05, 3.63) is 33.9 Å². The van der Waals surface area contributed by atoms with Crippen molar-refractivity contribution in [2.75, 3.05) is 6.61 Å². The van der Waals surface area contributed by atoms with Crippen molar-refractivity contribution < 1.29 is 19.1 Å². The van der Waals surface area contributed by atoms with E-state index in [9.17, 15) is 9.59 Å². The summed E-state index contributed by atoms with van der Waals surface area (Å²) in [5.41, 5.74) is 1.26. The predicted molar refractivity (Wildman–Crippen MR) is 92.0 cm³/mol. The first-order valence-corrected chi connectivity index (χ1v) is 8.16. The number of carbonyl (C=O) groups excluding carboxylic acids is 2. The van der Waals surface area contributed by atoms with E-state index in [0.717, 1.165) is 15.6 Å². The summed E-state index contributed by atoms with van der Waals surface area (Å²) in [7, 11) is 0. The molecule has 0 N–H and O–H groups in total. The van der Waals surface area contributed by atoms with Gasteiger partial charge in [-0.25, -0.2) is 14.2 Å². The van der Waals surface area contributed by atoms with Crippen LogP contribution in [0.5, 0.6) is 0 Å². The number of hydrogen-bond donors (Lipinski definition) is 0. The van der Waals surface area contributed by atoms with Gasteiger partial charge in [0.15, 0.2) is 0 Å². The molecule has 0 saturated heterocycles. The first kappa shape index (κ1) is 17.5. The minimum atomic E-state index is -0.586. The molecular formula is C17H20BrNO4. The number of aromatic nitrogens is 1. The Balaban J connectivity index is 2.54. The second kappa shape index (κ2) is 6.35. The zero-order valence-electron chi connectivity index (χ0n) is 13.9. The van der Waals surface area contributed by atoms with E-state index < -0.39 is 11.7 Å². The van der Waals surface area contributed by atoms with Crippen molar-refractivity contribution in [3.8, 4) is 0 Å². The Morgan fingerprint density at radius 3 is 2.48 bits per heavy atom. The fraction of sp³-hybridized carbons (Fsp3) is 0.412. The monoisotopic (exact) mass is 381 g/mol. The lowest BCUT2D eigenvalue weighted by Crippen LogP contribution is -2.27. The van der Waals surface area contributed by atoms with Crippen LogP contribution in [0, 0.1) is 6.92 Å². The molecule has 1 aromatic carbocycles. The van der Waals surface area contributed by atoms with E-state index in [0.29, 0.717) is 17.7 Å². The molecule has 0 atom stereocenters. The molecule has 23 heavy (non-hydrogen) atoms. The average molecular weight is 382 g/mol. The summed E-state index contributed by atoms with van der Waals surface area (Å²) in [4.78, 5) is 24.3. The van der Waals surface area contributed by atoms with Crippen molar-refractivity contribution in [2.24, 2.45) is 0 Å². The molecule has 0 aliphatic carbocycles. The third-order valence-corrected chi connectivity index (χ3v) is 4.22. The van der Waals surface area contributed by atoms with Crippen molar-refractivity contribution in [2.45, 2.75) is 40.2 Å². The Labute approximate surface area is 143 Å². The summed E-state index contributed by atoms with van der Waals surface area (Å²) in [5, 5.41) is 0.763. The molecule has 0 amide bonds. The van der Waals surface area contributed by atoms with Crippen LogP contribution in [0.15, 0.2) is 22.7 Å². The lowest BCUT2D eigenvalue weighted by atomic mass is 10.1. The summed E-state index contributed by atoms with van der Waals surface area (Å²) >= 11 is 3.49. The SMILES string of the molecule is CCOC(=O)c1ccc2c(c1)c(Br)c(C)n2C(=O)OC(C)(C)C. The van der Waals surface area contributed by atoms with Crippen molar-refractivity contribution in [3.63, 3.8) is 0 Å². The third-order valence-electron chi connectivity index (χ3n) is 3.21. The van der Waals surface area contributed by atoms with Crippen molar-refractivity contribution in [1.29, 1.82) is 0 Å². The zero-order chi connectivity index (χ0) is 17.4. The molecule has 0 bridgehead atoms. The second-order valence-corrected chi connectivity index (χ2v) is 6.96. The van der Waals surface area contributed by atoms with Gasteiger partial charge in [0.25, 0.3) is 0 Å². The van der Waals surface area contributed by atoms with Gasteiger partial charge in [0.2, 0.25) is 0 Å². The van der Waals surface area contributed by atoms with Gasteiger partial charge in [0.05, 0.1) is 17.7 Å². The minimum absolute atomic E-state index is 0.315. The fourth-order valence-electron chi connectivity index (χ4n) is 2.26. The maximum Gasteiger partial charge on any atom is 0.419 e. The Bertz CT molecular complexity index is 771. The topological polar surface area (TPSA) is 57.5 Å². The van der Waals surface area contributed by atoms with Crippen LogP contribution in [0.3, 0.4) is 0 Å². The Hall–Kier alpha value is -1.82. The number of nitrogens with zero attached hydrogens (tertiary/aromatic N) is 1. The molecule has 2 rings (SSSR count). The Kier molecular flexibility index (Phi) is 4.84. The van der Waals surface area contributed by atoms with Gasteiger partial charge in [-0.3, -0.25) is 0 Å². The molecule has 0 spiro atoms. The van der Waals surface area contributed by atoms with Crippen LogP contribution >= 0.6 is 15.9 Å². The number of carbonyl (C=O) groups is 2. The van der Waals surface area contributed by atoms with Gasteiger partial charge in [-0.1, -0.05) is 0 Å². The first-order valence-electron chi connectivity index (χ1n) is 7.36. The van der Waals surface area contributed by atoms with E-state index in [1.54, 1.807) is 25.1 Å². The van der Waals surface area contributed by atoms with E-state index >= 15 is 0 Å². The normalized spacial score (nSPS) is 11.6. The van der Waals surface area contributed by atoms with Crippen LogP contribution < -0.4 is 0 Å². The predicted octanol–water partition coefficient (Wildman–Crippen LogP) is 4.67. The summed E-state index contributed by atoms with van der Waals surface area (Å²) < 4.78 is 12.7.